The summed E-state index contributed by atoms with van der Waals surface area (Å²) in [6, 6.07) is 45.1. The van der Waals surface area contributed by atoms with Gasteiger partial charge < -0.3 is 88.5 Å². The van der Waals surface area contributed by atoms with E-state index < -0.39 is 77.4 Å². The zero-order valence-electron chi connectivity index (χ0n) is 87.9. The normalized spacial score (nSPS) is 18.0. The largest absolute Gasteiger partial charge is 0.481 e. The van der Waals surface area contributed by atoms with Crippen molar-refractivity contribution in [3.8, 4) is 41.8 Å². The number of aryl methyl sites for hydroxylation is 6. The second-order valence-corrected chi connectivity index (χ2v) is 45.7. The number of carbonyl (C=O) groups is 9. The summed E-state index contributed by atoms with van der Waals surface area (Å²) in [5.74, 6) is -4.37. The van der Waals surface area contributed by atoms with Crippen LogP contribution in [0.15, 0.2) is 177 Å². The van der Waals surface area contributed by atoms with E-state index in [1.807, 2.05) is 199 Å². The van der Waals surface area contributed by atoms with Gasteiger partial charge in [-0.2, -0.15) is 0 Å². The number of aliphatic hydroxyl groups is 4. The van der Waals surface area contributed by atoms with Gasteiger partial charge in [-0.15, -0.1) is 57.8 Å². The van der Waals surface area contributed by atoms with E-state index in [2.05, 4.69) is 171 Å². The lowest BCUT2D eigenvalue weighted by Gasteiger charge is -2.35. The van der Waals surface area contributed by atoms with E-state index in [0.717, 1.165) is 82.1 Å². The second-order valence-electron chi connectivity index (χ2n) is 40.4. The number of carboxylic acids is 2. The molecule has 37 heteroatoms. The molecule has 14 rings (SSSR count). The Morgan fingerprint density at radius 1 is 0.445 bits per heavy atom. The van der Waals surface area contributed by atoms with Gasteiger partial charge in [0, 0.05) is 99.8 Å². The molecular weight excluding hydrogens is 2080 g/mol. The third-order valence-corrected chi connectivity index (χ3v) is 30.0. The molecule has 146 heavy (non-hydrogen) atoms. The number of nitrogens with two attached hydrogens (primary N) is 3. The van der Waals surface area contributed by atoms with Crippen LogP contribution in [0.5, 0.6) is 0 Å². The molecule has 6 aromatic carbocycles. The highest BCUT2D eigenvalue weighted by atomic mass is 79.9. The van der Waals surface area contributed by atoms with Gasteiger partial charge in [0.2, 0.25) is 35.4 Å². The number of thiazole rings is 4. The van der Waals surface area contributed by atoms with Gasteiger partial charge in [0.15, 0.2) is 0 Å². The van der Waals surface area contributed by atoms with Crippen molar-refractivity contribution < 1.29 is 78.5 Å². The van der Waals surface area contributed by atoms with Crippen LogP contribution < -0.4 is 38.5 Å². The first kappa shape index (κ1) is 126. The Labute approximate surface area is 899 Å². The van der Waals surface area contributed by atoms with Crippen LogP contribution in [0, 0.1) is 61.2 Å². The highest BCUT2D eigenvalue weighted by Crippen LogP contribution is 2.36. The number of aliphatic carboxylic acids is 2. The van der Waals surface area contributed by atoms with Gasteiger partial charge in [0.25, 0.3) is 0 Å². The fourth-order valence-electron chi connectivity index (χ4n) is 15.0. The molecule has 16 N–H and O–H groups in total. The van der Waals surface area contributed by atoms with E-state index in [9.17, 15) is 58.5 Å². The van der Waals surface area contributed by atoms with Crippen molar-refractivity contribution in [3.05, 3.63) is 233 Å². The molecule has 8 heterocycles. The van der Waals surface area contributed by atoms with E-state index >= 15 is 0 Å². The molecule has 798 valence electrons. The lowest BCUT2D eigenvalue weighted by atomic mass is 9.81. The quantitative estimate of drug-likeness (QED) is 0.0297. The predicted octanol–water partition coefficient (Wildman–Crippen LogP) is 17.3. The highest BCUT2D eigenvalue weighted by Gasteiger charge is 2.47. The summed E-state index contributed by atoms with van der Waals surface area (Å²) in [5, 5.41) is 67.6. The number of methoxy groups -OCH3 is 1. The van der Waals surface area contributed by atoms with Crippen LogP contribution in [0.1, 0.15) is 200 Å². The average Bonchev–Trinajstić information content (AvgIpc) is 1.55. The maximum Gasteiger partial charge on any atom is 0.326 e. The number of aliphatic hydroxyl groups excluding tert-OH is 4. The number of hydrogen-bond donors (Lipinski definition) is 13. The molecule has 30 nitrogen and oxygen atoms in total. The predicted molar refractivity (Wildman–Crippen MR) is 593 cm³/mol. The molecule has 6 amide bonds. The SMILES string of the molecule is CC(=O)N[C@H](C(=O)N1C[C@H](O)C[C@H]1C(=O)NCc1ccc(-c2scnc2C)cc1)C(C)(C)C.CCc1ccc(-c2scnc2C)cc1.CCc1ccc(Br)cc1.COC(=O)[C@@H]1C[C@@H](O)CN1.C[C@H](C(=O)N1C[C@H](O)C[C@H]1C(=O)O)C(C)(C)C.C[C@H](C(=O)O)C(C)(C)C.Cc1ncsc1-c1ccc(CN)cc1.Cc1ncsc1-c1ccc(CNC(=O)[C@@H]2C[C@@H](O)CN2C(=O)[C@@H](N)C(C)(C)C)cc1.Cl.NCc1ccc(Br)cc1. The number of esters is 1. The number of halogens is 3. The third-order valence-electron chi connectivity index (χ3n) is 25.1. The summed E-state index contributed by atoms with van der Waals surface area (Å²) in [4.78, 5) is 134. The van der Waals surface area contributed by atoms with Crippen molar-refractivity contribution in [1.29, 1.82) is 0 Å². The van der Waals surface area contributed by atoms with Gasteiger partial charge in [0.05, 0.1) is 108 Å². The lowest BCUT2D eigenvalue weighted by Crippen LogP contribution is -2.57. The Kier molecular flexibility index (Phi) is 52.0. The van der Waals surface area contributed by atoms with Crippen LogP contribution in [0.4, 0.5) is 0 Å². The van der Waals surface area contributed by atoms with Gasteiger partial charge in [-0.25, -0.2) is 24.7 Å². The number of benzene rings is 6. The number of aromatic nitrogens is 4. The van der Waals surface area contributed by atoms with Gasteiger partial charge in [-0.1, -0.05) is 264 Å². The van der Waals surface area contributed by atoms with Crippen LogP contribution in [0.2, 0.25) is 0 Å². The zero-order chi connectivity index (χ0) is 108. The number of carboxylic acid groups (broad SMARTS) is 2. The summed E-state index contributed by atoms with van der Waals surface area (Å²) in [6.07, 6.45) is 0.551. The summed E-state index contributed by atoms with van der Waals surface area (Å²) in [5.41, 5.74) is 39.0. The number of rotatable bonds is 21. The van der Waals surface area contributed by atoms with Crippen LogP contribution in [-0.2, 0) is 86.9 Å². The van der Waals surface area contributed by atoms with Crippen molar-refractivity contribution >= 4 is 143 Å². The molecule has 0 unspecified atom stereocenters. The van der Waals surface area contributed by atoms with E-state index in [-0.39, 0.29) is 121 Å². The Bertz CT molecular complexity index is 5620. The zero-order valence-corrected chi connectivity index (χ0v) is 95.2. The molecule has 0 saturated carbocycles. The first-order valence-electron chi connectivity index (χ1n) is 48.4. The average molecular weight is 2240 g/mol. The monoisotopic (exact) mass is 2230 g/mol. The van der Waals surface area contributed by atoms with Gasteiger partial charge in [0.1, 0.15) is 30.2 Å². The summed E-state index contributed by atoms with van der Waals surface area (Å²) >= 11 is 13.3. The number of nitrogens with zero attached hydrogens (tertiary/aromatic N) is 7. The molecule has 0 aliphatic carbocycles. The number of β-amino-alcohol motifs (C(OH)–C–C–N with tert-alkyl or cyclic N) is 4. The summed E-state index contributed by atoms with van der Waals surface area (Å²) < 4.78 is 6.72. The highest BCUT2D eigenvalue weighted by molar-refractivity contribution is 9.10. The van der Waals surface area contributed by atoms with Crippen LogP contribution in [0.25, 0.3) is 41.8 Å². The fraction of sp³-hybridized carbons (Fsp3) is 0.477. The molecule has 0 radical (unpaired) electrons. The summed E-state index contributed by atoms with van der Waals surface area (Å²) in [6.45, 7) is 42.7. The van der Waals surface area contributed by atoms with E-state index in [1.165, 1.54) is 66.3 Å². The van der Waals surface area contributed by atoms with Crippen molar-refractivity contribution in [2.24, 2.45) is 50.7 Å². The maximum absolute atomic E-state index is 13.3. The molecule has 4 fully saturated rings. The van der Waals surface area contributed by atoms with Crippen molar-refractivity contribution in [2.75, 3.05) is 33.3 Å². The Morgan fingerprint density at radius 2 is 0.753 bits per heavy atom. The van der Waals surface area contributed by atoms with Gasteiger partial charge in [-0.3, -0.25) is 38.4 Å². The number of amides is 6. The van der Waals surface area contributed by atoms with Gasteiger partial charge >= 0.3 is 17.9 Å². The minimum absolute atomic E-state index is 0. The number of carbonyl (C=O) groups excluding carboxylic acids is 7. The number of ether oxygens (including phenoxy) is 1. The van der Waals surface area contributed by atoms with Crippen LogP contribution in [-0.4, -0.2) is 213 Å². The Balaban J connectivity index is 0.000000302. The van der Waals surface area contributed by atoms with Crippen LogP contribution >= 0.6 is 89.6 Å². The summed E-state index contributed by atoms with van der Waals surface area (Å²) in [7, 11) is 1.34. The minimum atomic E-state index is -1.05. The first-order valence-corrected chi connectivity index (χ1v) is 53.5. The molecule has 4 saturated heterocycles. The van der Waals surface area contributed by atoms with Gasteiger partial charge in [-0.05, 0) is 142 Å². The molecular formula is C109H151Br2ClN14O16S4. The molecule has 0 spiro atoms. The van der Waals surface area contributed by atoms with Crippen molar-refractivity contribution in [1.82, 2.24) is 55.9 Å². The Morgan fingerprint density at radius 3 is 1.01 bits per heavy atom. The number of hydrogen-bond acceptors (Lipinski definition) is 26. The second kappa shape index (κ2) is 60.0. The molecule has 10 aromatic rings. The number of likely N-dealkylation sites (tertiary alicyclic amines) is 3. The first-order chi connectivity index (χ1) is 68.0. The van der Waals surface area contributed by atoms with Crippen LogP contribution in [0.3, 0.4) is 0 Å². The lowest BCUT2D eigenvalue weighted by molar-refractivity contribution is -0.151. The maximum atomic E-state index is 13.3. The fourth-order valence-corrected chi connectivity index (χ4v) is 18.8. The van der Waals surface area contributed by atoms with E-state index in [0.29, 0.717) is 39.1 Å². The molecule has 12 atom stereocenters. The smallest absolute Gasteiger partial charge is 0.326 e. The molecule has 0 bridgehead atoms. The van der Waals surface area contributed by atoms with E-state index in [1.54, 1.807) is 59.2 Å². The standard InChI is InChI=1S/C24H32N4O4S.C22H30N4O3S.C12H21NO4.C12H13NS.C11H12N2S.C8H9Br.C7H8BrN.C7H14O2.C6H11NO3.ClH/c1-14-20(33-13-26-14)17-8-6-16(7-9-17)11-25-22(31)19-10-18(30)12-28(19)23(32)21(24(3,4)5)27-15(2)29;1-13-18(30-12-25-13)15-7-5-14(6-8-15)10-24-20(28)17-9-16(27)11-26(17)21(29)19(23)22(2,3)4;1-7(12(2,3)4)10(15)13-6-8(14)5-9(13)11(16)17;1-3-10-4-6-11(7-5-10)12-9(2)13-8-14-12;1-8-11(14-7-13-8)10-4-2-9(6-12)3-5-10;1-2-7-3-5-8(9)6-4-7;8-7-3-1-6(5-9)2-4-7;1-5(6(8)9)7(2,3)4;1-10-6(9)5-2-4(8)3-7-5;/h6-9,13,18-19,21,30H,10-12H2,1-5H3,(H,25,31)(H,27,29);5-8,12,16-17,19,27H,9-11,23H2,1-4H3,(H,24,28);7-9,14H,5-6H2,1-4H3,(H,16,17);4-8H,3H2,1-2H3;2-5,7H,6,12H2,1H3;3-6H,2H2,1H3;1-4H,5,9H2;5H,1-4H3,(H,8,9);4-5,7-8H,2-3H2,1H3;1H/t18-,19+,21-;16-,17+,19-;7-,8-,9+;;;;;5-;4-,5+;/m111....11./s1. The third kappa shape index (κ3) is 40.1. The topological polar surface area (TPSA) is 472 Å². The van der Waals surface area contributed by atoms with Crippen molar-refractivity contribution in [3.63, 3.8) is 0 Å². The molecule has 4 aromatic heterocycles. The Hall–Kier alpha value is -10.0. The molecule has 4 aliphatic rings. The number of nitrogens with one attached hydrogen (secondary N) is 4. The molecule has 4 aliphatic heterocycles. The minimum Gasteiger partial charge on any atom is -0.481 e. The van der Waals surface area contributed by atoms with Crippen molar-refractivity contribution in [2.45, 2.75) is 271 Å². The van der Waals surface area contributed by atoms with E-state index in [4.69, 9.17) is 32.5 Å².